The number of nitrogens with zero attached hydrogens (tertiary/aromatic N) is 1. The van der Waals surface area contributed by atoms with E-state index in [1.54, 1.807) is 7.11 Å². The molecule has 3 aromatic rings. The third-order valence-corrected chi connectivity index (χ3v) is 4.44. The Morgan fingerprint density at radius 3 is 2.79 bits per heavy atom. The average molecular weight is 321 g/mol. The van der Waals surface area contributed by atoms with Crippen LogP contribution in [-0.4, -0.2) is 25.7 Å². The van der Waals surface area contributed by atoms with Crippen molar-refractivity contribution >= 4 is 10.9 Å². The molecule has 0 fully saturated rings. The van der Waals surface area contributed by atoms with Gasteiger partial charge in [-0.15, -0.1) is 0 Å². The van der Waals surface area contributed by atoms with Crippen LogP contribution in [0.1, 0.15) is 11.1 Å². The van der Waals surface area contributed by atoms with Crippen LogP contribution in [0.5, 0.6) is 17.2 Å². The number of fused-ring (bicyclic) bond motifs is 5. The van der Waals surface area contributed by atoms with Crippen molar-refractivity contribution in [1.82, 2.24) is 4.98 Å². The van der Waals surface area contributed by atoms with E-state index >= 15 is 0 Å². The highest BCUT2D eigenvalue weighted by molar-refractivity contribution is 5.88. The minimum absolute atomic E-state index is 0.249. The largest absolute Gasteiger partial charge is 0.468 e. The standard InChI is InChI=1S/C19H15NO4/c1-21-9-22-14-2-3-15-11(6-14)4-13-5-12-7-17-18(24-10-23-17)8-16(12)20-19(13)15/h2-3,5-8H,4,9-10H2,1H3. The van der Waals surface area contributed by atoms with Crippen LogP contribution in [0.3, 0.4) is 0 Å². The third kappa shape index (κ3) is 2.02. The van der Waals surface area contributed by atoms with E-state index in [-0.39, 0.29) is 13.6 Å². The molecule has 2 aliphatic rings. The van der Waals surface area contributed by atoms with E-state index in [0.29, 0.717) is 0 Å². The van der Waals surface area contributed by atoms with Crippen molar-refractivity contribution in [2.75, 3.05) is 20.7 Å². The Morgan fingerprint density at radius 1 is 1.04 bits per heavy atom. The average Bonchev–Trinajstić information content (AvgIpc) is 3.18. The zero-order valence-corrected chi connectivity index (χ0v) is 13.2. The number of pyridine rings is 1. The van der Waals surface area contributed by atoms with Crippen LogP contribution in [0.2, 0.25) is 0 Å². The molecule has 0 unspecified atom stereocenters. The summed E-state index contributed by atoms with van der Waals surface area (Å²) in [5.74, 6) is 2.36. The SMILES string of the molecule is COCOc1ccc2c(c1)Cc1cc3cc4c(cc3nc1-2)OCO4. The molecule has 1 aliphatic heterocycles. The van der Waals surface area contributed by atoms with Gasteiger partial charge in [-0.3, -0.25) is 0 Å². The fraction of sp³-hybridized carbons (Fsp3) is 0.211. The van der Waals surface area contributed by atoms with Crippen molar-refractivity contribution < 1.29 is 18.9 Å². The van der Waals surface area contributed by atoms with Crippen molar-refractivity contribution in [2.45, 2.75) is 6.42 Å². The Labute approximate surface area is 138 Å². The monoisotopic (exact) mass is 321 g/mol. The molecule has 24 heavy (non-hydrogen) atoms. The molecule has 2 aromatic carbocycles. The number of aromatic nitrogens is 1. The van der Waals surface area contributed by atoms with Crippen molar-refractivity contribution in [1.29, 1.82) is 0 Å². The van der Waals surface area contributed by atoms with Crippen molar-refractivity contribution in [3.8, 4) is 28.5 Å². The third-order valence-electron chi connectivity index (χ3n) is 4.44. The predicted molar refractivity (Wildman–Crippen MR) is 88.6 cm³/mol. The number of methoxy groups -OCH3 is 1. The first kappa shape index (κ1) is 13.6. The highest BCUT2D eigenvalue weighted by atomic mass is 16.7. The van der Waals surface area contributed by atoms with E-state index in [4.69, 9.17) is 23.9 Å². The molecule has 0 N–H and O–H groups in total. The Balaban J connectivity index is 1.60. The summed E-state index contributed by atoms with van der Waals surface area (Å²) >= 11 is 0. The number of benzene rings is 2. The maximum absolute atomic E-state index is 5.53. The van der Waals surface area contributed by atoms with Gasteiger partial charge in [0.05, 0.1) is 11.2 Å². The summed E-state index contributed by atoms with van der Waals surface area (Å²) in [6.45, 7) is 0.526. The summed E-state index contributed by atoms with van der Waals surface area (Å²) < 4.78 is 21.4. The highest BCUT2D eigenvalue weighted by Gasteiger charge is 2.23. The highest BCUT2D eigenvalue weighted by Crippen LogP contribution is 2.41. The van der Waals surface area contributed by atoms with Crippen LogP contribution in [-0.2, 0) is 11.2 Å². The van der Waals surface area contributed by atoms with Gasteiger partial charge in [0.15, 0.2) is 18.3 Å². The van der Waals surface area contributed by atoms with Crippen LogP contribution in [0.4, 0.5) is 0 Å². The molecule has 1 aromatic heterocycles. The molecular weight excluding hydrogens is 306 g/mol. The molecule has 0 bridgehead atoms. The van der Waals surface area contributed by atoms with E-state index in [9.17, 15) is 0 Å². The van der Waals surface area contributed by atoms with Gasteiger partial charge in [0.1, 0.15) is 5.75 Å². The quantitative estimate of drug-likeness (QED) is 0.540. The molecule has 5 heteroatoms. The first-order valence-electron chi connectivity index (χ1n) is 7.80. The number of hydrogen-bond donors (Lipinski definition) is 0. The van der Waals surface area contributed by atoms with E-state index in [2.05, 4.69) is 18.2 Å². The molecule has 1 aliphatic carbocycles. The van der Waals surface area contributed by atoms with Gasteiger partial charge in [0, 0.05) is 30.5 Å². The second-order valence-electron chi connectivity index (χ2n) is 5.94. The molecule has 5 nitrogen and oxygen atoms in total. The molecule has 0 radical (unpaired) electrons. The zero-order chi connectivity index (χ0) is 16.1. The van der Waals surface area contributed by atoms with E-state index in [1.165, 1.54) is 11.1 Å². The topological polar surface area (TPSA) is 49.8 Å². The molecule has 2 heterocycles. The van der Waals surface area contributed by atoms with Crippen LogP contribution in [0.25, 0.3) is 22.2 Å². The lowest BCUT2D eigenvalue weighted by atomic mass is 10.1. The van der Waals surface area contributed by atoms with Gasteiger partial charge in [-0.1, -0.05) is 0 Å². The zero-order valence-electron chi connectivity index (χ0n) is 13.2. The summed E-state index contributed by atoms with van der Waals surface area (Å²) in [7, 11) is 1.61. The molecule has 0 atom stereocenters. The summed E-state index contributed by atoms with van der Waals surface area (Å²) in [6, 6.07) is 12.2. The number of hydrogen-bond acceptors (Lipinski definition) is 5. The smallest absolute Gasteiger partial charge is 0.231 e. The van der Waals surface area contributed by atoms with Gasteiger partial charge in [0.2, 0.25) is 6.79 Å². The van der Waals surface area contributed by atoms with Gasteiger partial charge in [-0.05, 0) is 41.5 Å². The molecule has 0 amide bonds. The van der Waals surface area contributed by atoms with E-state index < -0.39 is 0 Å². The Bertz CT molecular complexity index is 967. The van der Waals surface area contributed by atoms with Crippen molar-refractivity contribution in [2.24, 2.45) is 0 Å². The molecule has 0 saturated carbocycles. The van der Waals surface area contributed by atoms with E-state index in [1.807, 2.05) is 18.2 Å². The summed E-state index contributed by atoms with van der Waals surface area (Å²) in [4.78, 5) is 4.87. The Hall–Kier alpha value is -2.79. The Kier molecular flexibility index (Phi) is 2.90. The van der Waals surface area contributed by atoms with E-state index in [0.717, 1.165) is 45.8 Å². The number of rotatable bonds is 3. The maximum atomic E-state index is 5.53. The lowest BCUT2D eigenvalue weighted by Gasteiger charge is -2.07. The van der Waals surface area contributed by atoms with Gasteiger partial charge >= 0.3 is 0 Å². The lowest BCUT2D eigenvalue weighted by Crippen LogP contribution is -1.99. The summed E-state index contributed by atoms with van der Waals surface area (Å²) in [5.41, 5.74) is 5.57. The van der Waals surface area contributed by atoms with Gasteiger partial charge in [-0.2, -0.15) is 0 Å². The minimum Gasteiger partial charge on any atom is -0.468 e. The van der Waals surface area contributed by atoms with Crippen molar-refractivity contribution in [3.05, 3.63) is 47.5 Å². The summed E-state index contributed by atoms with van der Waals surface area (Å²) in [5, 5.41) is 1.07. The first-order chi connectivity index (χ1) is 11.8. The fourth-order valence-electron chi connectivity index (χ4n) is 3.34. The van der Waals surface area contributed by atoms with Crippen LogP contribution >= 0.6 is 0 Å². The number of ether oxygens (including phenoxy) is 4. The second kappa shape index (κ2) is 5.11. The van der Waals surface area contributed by atoms with Gasteiger partial charge in [-0.25, -0.2) is 4.98 Å². The first-order valence-corrected chi connectivity index (χ1v) is 7.80. The molecular formula is C19H15NO4. The van der Waals surface area contributed by atoms with Crippen LogP contribution in [0, 0.1) is 0 Å². The summed E-state index contributed by atoms with van der Waals surface area (Å²) in [6.07, 6.45) is 0.853. The molecule has 120 valence electrons. The predicted octanol–water partition coefficient (Wildman–Crippen LogP) is 3.52. The second-order valence-corrected chi connectivity index (χ2v) is 5.94. The van der Waals surface area contributed by atoms with Gasteiger partial charge in [0.25, 0.3) is 0 Å². The molecule has 0 saturated heterocycles. The lowest BCUT2D eigenvalue weighted by molar-refractivity contribution is 0.0511. The maximum Gasteiger partial charge on any atom is 0.231 e. The normalized spacial score (nSPS) is 13.9. The molecule has 0 spiro atoms. The van der Waals surface area contributed by atoms with Gasteiger partial charge < -0.3 is 18.9 Å². The van der Waals surface area contributed by atoms with Crippen LogP contribution in [0.15, 0.2) is 36.4 Å². The van der Waals surface area contributed by atoms with Crippen LogP contribution < -0.4 is 14.2 Å². The Morgan fingerprint density at radius 2 is 1.92 bits per heavy atom. The molecule has 5 rings (SSSR count). The fourth-order valence-corrected chi connectivity index (χ4v) is 3.34. The van der Waals surface area contributed by atoms with Crippen molar-refractivity contribution in [3.63, 3.8) is 0 Å². The minimum atomic E-state index is 0.249.